The van der Waals surface area contributed by atoms with E-state index in [0.29, 0.717) is 0 Å². The number of anilines is 3. The Kier molecular flexibility index (Phi) is 6.88. The number of rotatable bonds is 5. The predicted octanol–water partition coefficient (Wildman–Crippen LogP) is 14.3. The molecule has 266 valence electrons. The Labute approximate surface area is 332 Å². The molecule has 0 saturated heterocycles. The van der Waals surface area contributed by atoms with E-state index in [1.165, 1.54) is 77.4 Å². The lowest BCUT2D eigenvalue weighted by molar-refractivity contribution is 0.797. The van der Waals surface area contributed by atoms with Crippen LogP contribution in [0, 0.1) is 0 Å². The number of para-hydroxylation sites is 2. The van der Waals surface area contributed by atoms with Gasteiger partial charge in [-0.05, 0) is 105 Å². The zero-order valence-electron chi connectivity index (χ0n) is 31.2. The molecule has 1 aromatic heterocycles. The van der Waals surface area contributed by atoms with Crippen LogP contribution in [0.25, 0.3) is 60.9 Å². The van der Waals surface area contributed by atoms with Crippen molar-refractivity contribution in [3.8, 4) is 39.1 Å². The minimum atomic E-state index is -0.482. The second kappa shape index (κ2) is 12.3. The van der Waals surface area contributed by atoms with Gasteiger partial charge in [-0.2, -0.15) is 0 Å². The fourth-order valence-electron chi connectivity index (χ4n) is 10.1. The lowest BCUT2D eigenvalue weighted by Gasteiger charge is -2.31. The van der Waals surface area contributed by atoms with Crippen molar-refractivity contribution in [2.75, 3.05) is 4.90 Å². The summed E-state index contributed by atoms with van der Waals surface area (Å²) in [6.07, 6.45) is 0. The summed E-state index contributed by atoms with van der Waals surface area (Å²) in [6, 6.07) is 80.3. The highest BCUT2D eigenvalue weighted by atomic mass is 15.1. The van der Waals surface area contributed by atoms with Gasteiger partial charge in [-0.25, -0.2) is 0 Å². The van der Waals surface area contributed by atoms with Crippen LogP contribution in [0.2, 0.25) is 0 Å². The molecule has 12 rings (SSSR count). The summed E-state index contributed by atoms with van der Waals surface area (Å²) in [5.74, 6) is 0. The van der Waals surface area contributed by atoms with Crippen molar-refractivity contribution in [3.63, 3.8) is 0 Å². The van der Waals surface area contributed by atoms with Crippen LogP contribution in [-0.2, 0) is 5.41 Å². The van der Waals surface area contributed by atoms with Crippen molar-refractivity contribution in [1.82, 2.24) is 4.57 Å². The topological polar surface area (TPSA) is 8.17 Å². The number of hydrogen-bond acceptors (Lipinski definition) is 1. The zero-order chi connectivity index (χ0) is 37.5. The van der Waals surface area contributed by atoms with E-state index in [-0.39, 0.29) is 0 Å². The molecule has 9 aromatic carbocycles. The van der Waals surface area contributed by atoms with Gasteiger partial charge in [-0.1, -0.05) is 164 Å². The summed E-state index contributed by atoms with van der Waals surface area (Å²) in [5, 5.41) is 2.51. The van der Waals surface area contributed by atoms with Gasteiger partial charge in [0.25, 0.3) is 0 Å². The van der Waals surface area contributed by atoms with E-state index in [4.69, 9.17) is 0 Å². The largest absolute Gasteiger partial charge is 0.311 e. The second-order valence-electron chi connectivity index (χ2n) is 15.2. The maximum Gasteiger partial charge on any atom is 0.0746 e. The minimum absolute atomic E-state index is 0.482. The van der Waals surface area contributed by atoms with Crippen LogP contribution in [0.3, 0.4) is 0 Å². The van der Waals surface area contributed by atoms with Gasteiger partial charge < -0.3 is 9.47 Å². The second-order valence-corrected chi connectivity index (χ2v) is 15.2. The van der Waals surface area contributed by atoms with Gasteiger partial charge in [0.05, 0.1) is 16.4 Å². The fraction of sp³-hybridized carbons (Fsp3) is 0.0182. The minimum Gasteiger partial charge on any atom is -0.311 e. The molecule has 0 atom stereocenters. The summed E-state index contributed by atoms with van der Waals surface area (Å²) in [6.45, 7) is 0. The molecule has 0 bridgehead atoms. The van der Waals surface area contributed by atoms with Gasteiger partial charge in [0.2, 0.25) is 0 Å². The molecular formula is C55H36N2. The third-order valence-corrected chi connectivity index (χ3v) is 12.4. The molecule has 0 aliphatic heterocycles. The first-order valence-electron chi connectivity index (χ1n) is 19.8. The number of fused-ring (bicyclic) bond motifs is 14. The maximum atomic E-state index is 2.56. The summed E-state index contributed by atoms with van der Waals surface area (Å²) in [4.78, 5) is 2.33. The fourth-order valence-corrected chi connectivity index (χ4v) is 10.1. The molecule has 57 heavy (non-hydrogen) atoms. The Morgan fingerprint density at radius 3 is 1.40 bits per heavy atom. The van der Waals surface area contributed by atoms with Crippen LogP contribution in [0.4, 0.5) is 17.1 Å². The molecule has 1 heterocycles. The van der Waals surface area contributed by atoms with Gasteiger partial charge in [0, 0.05) is 39.1 Å². The van der Waals surface area contributed by atoms with Gasteiger partial charge in [0.15, 0.2) is 0 Å². The number of benzene rings is 9. The van der Waals surface area contributed by atoms with Crippen LogP contribution in [0.1, 0.15) is 22.3 Å². The van der Waals surface area contributed by atoms with Crippen molar-refractivity contribution in [1.29, 1.82) is 0 Å². The Bertz CT molecular complexity index is 3060. The Balaban J connectivity index is 1.18. The summed E-state index contributed by atoms with van der Waals surface area (Å²) in [5.41, 5.74) is 19.5. The Hall–Kier alpha value is -7.42. The van der Waals surface area contributed by atoms with Crippen molar-refractivity contribution in [2.24, 2.45) is 0 Å². The van der Waals surface area contributed by atoms with Crippen LogP contribution in [0.15, 0.2) is 218 Å². The first-order chi connectivity index (χ1) is 28.3. The number of nitrogens with zero attached hydrogens (tertiary/aromatic N) is 2. The average Bonchev–Trinajstić information content (AvgIpc) is 3.89. The van der Waals surface area contributed by atoms with E-state index >= 15 is 0 Å². The van der Waals surface area contributed by atoms with Crippen LogP contribution in [0.5, 0.6) is 0 Å². The monoisotopic (exact) mass is 724 g/mol. The molecule has 0 radical (unpaired) electrons. The first kappa shape index (κ1) is 31.9. The molecule has 0 amide bonds. The quantitative estimate of drug-likeness (QED) is 0.172. The molecule has 0 unspecified atom stereocenters. The Morgan fingerprint density at radius 1 is 0.351 bits per heavy atom. The lowest BCUT2D eigenvalue weighted by Crippen LogP contribution is -2.26. The predicted molar refractivity (Wildman–Crippen MR) is 237 cm³/mol. The molecule has 1 spiro atoms. The van der Waals surface area contributed by atoms with E-state index in [2.05, 4.69) is 228 Å². The highest BCUT2D eigenvalue weighted by Gasteiger charge is 2.53. The molecular weight excluding hydrogens is 689 g/mol. The molecule has 10 aromatic rings. The van der Waals surface area contributed by atoms with E-state index < -0.39 is 5.41 Å². The van der Waals surface area contributed by atoms with Gasteiger partial charge in [-0.15, -0.1) is 0 Å². The molecule has 2 aliphatic carbocycles. The first-order valence-corrected chi connectivity index (χ1v) is 19.8. The van der Waals surface area contributed by atoms with Crippen LogP contribution < -0.4 is 4.90 Å². The SMILES string of the molecule is c1ccc(-c2ccc3c4ccc5c(c4n(-c4ccc(N(c6ccccc6)c6ccccc6)cc4)c3c2)C2(c3ccccc3-c3ccccc32)c2ccccc2-5)cc1. The number of aromatic nitrogens is 1. The third kappa shape index (κ3) is 4.47. The molecule has 2 heteroatoms. The van der Waals surface area contributed by atoms with Gasteiger partial charge in [0.1, 0.15) is 0 Å². The summed E-state index contributed by atoms with van der Waals surface area (Å²) < 4.78 is 2.56. The lowest BCUT2D eigenvalue weighted by atomic mass is 9.70. The molecule has 0 N–H and O–H groups in total. The number of hydrogen-bond donors (Lipinski definition) is 0. The van der Waals surface area contributed by atoms with Gasteiger partial charge in [-0.3, -0.25) is 0 Å². The molecule has 0 fully saturated rings. The maximum absolute atomic E-state index is 2.56. The average molecular weight is 725 g/mol. The highest BCUT2D eigenvalue weighted by molar-refractivity contribution is 6.15. The highest BCUT2D eigenvalue weighted by Crippen LogP contribution is 2.64. The summed E-state index contributed by atoms with van der Waals surface area (Å²) in [7, 11) is 0. The van der Waals surface area contributed by atoms with E-state index in [9.17, 15) is 0 Å². The van der Waals surface area contributed by atoms with E-state index in [1.54, 1.807) is 0 Å². The van der Waals surface area contributed by atoms with Crippen LogP contribution in [-0.4, -0.2) is 4.57 Å². The normalized spacial score (nSPS) is 13.1. The smallest absolute Gasteiger partial charge is 0.0746 e. The zero-order valence-corrected chi connectivity index (χ0v) is 31.2. The van der Waals surface area contributed by atoms with Crippen molar-refractivity contribution in [2.45, 2.75) is 5.41 Å². The molecule has 2 aliphatic rings. The Morgan fingerprint density at radius 2 is 0.825 bits per heavy atom. The third-order valence-electron chi connectivity index (χ3n) is 12.4. The standard InChI is InChI=1S/C55H36N2/c1-4-16-37(17-5-1)38-28-33-46-48-35-34-47-45-24-12-15-27-51(45)55(49-25-13-10-22-43(49)44-23-11-14-26-50(44)55)53(47)54(48)57(52(46)36-38)42-31-29-41(30-32-42)56(39-18-6-2-7-19-39)40-20-8-3-9-21-40/h1-36H. The van der Waals surface area contributed by atoms with Crippen molar-refractivity contribution < 1.29 is 0 Å². The van der Waals surface area contributed by atoms with Crippen LogP contribution >= 0.6 is 0 Å². The van der Waals surface area contributed by atoms with Gasteiger partial charge >= 0.3 is 0 Å². The summed E-state index contributed by atoms with van der Waals surface area (Å²) >= 11 is 0. The molecule has 0 saturated carbocycles. The molecule has 2 nitrogen and oxygen atoms in total. The van der Waals surface area contributed by atoms with E-state index in [0.717, 1.165) is 22.7 Å². The van der Waals surface area contributed by atoms with Crippen molar-refractivity contribution in [3.05, 3.63) is 241 Å². The van der Waals surface area contributed by atoms with E-state index in [1.807, 2.05) is 0 Å². The van der Waals surface area contributed by atoms with Crippen molar-refractivity contribution >= 4 is 38.9 Å².